The van der Waals surface area contributed by atoms with Gasteiger partial charge in [-0.25, -0.2) is 14.6 Å². The molecular formula is C9H10ClN3O3S. The van der Waals surface area contributed by atoms with Gasteiger partial charge in [-0.3, -0.25) is 0 Å². The van der Waals surface area contributed by atoms with E-state index in [0.29, 0.717) is 10.0 Å². The van der Waals surface area contributed by atoms with Crippen molar-refractivity contribution in [2.75, 3.05) is 6.54 Å². The van der Waals surface area contributed by atoms with Gasteiger partial charge in [0.25, 0.3) is 0 Å². The topological polar surface area (TPSA) is 91.3 Å². The number of hydrogen-bond donors (Lipinski definition) is 3. The van der Waals surface area contributed by atoms with E-state index in [4.69, 9.17) is 16.7 Å². The molecular weight excluding hydrogens is 266 g/mol. The standard InChI is InChI=1S/C9H10ClN3O3S/c1-5(10)2-11-9(16)12-3-7-13-6(4-17-7)8(14)15/h4H,1-3H2,(H,14,15)(H2,11,12,16). The summed E-state index contributed by atoms with van der Waals surface area (Å²) in [5, 5.41) is 15.9. The van der Waals surface area contributed by atoms with Crippen LogP contribution in [0.4, 0.5) is 4.79 Å². The van der Waals surface area contributed by atoms with Crippen LogP contribution in [-0.4, -0.2) is 28.6 Å². The van der Waals surface area contributed by atoms with Gasteiger partial charge in [0.15, 0.2) is 5.69 Å². The lowest BCUT2D eigenvalue weighted by Crippen LogP contribution is -2.35. The van der Waals surface area contributed by atoms with Crippen molar-refractivity contribution < 1.29 is 14.7 Å². The predicted molar refractivity (Wildman–Crippen MR) is 64.3 cm³/mol. The van der Waals surface area contributed by atoms with E-state index in [1.54, 1.807) is 0 Å². The number of thiazole rings is 1. The van der Waals surface area contributed by atoms with Crippen molar-refractivity contribution in [2.24, 2.45) is 0 Å². The van der Waals surface area contributed by atoms with Crippen LogP contribution in [0.25, 0.3) is 0 Å². The van der Waals surface area contributed by atoms with Gasteiger partial charge in [0.2, 0.25) is 0 Å². The van der Waals surface area contributed by atoms with Gasteiger partial charge in [-0.15, -0.1) is 11.3 Å². The molecule has 0 saturated heterocycles. The minimum absolute atomic E-state index is 0.0265. The van der Waals surface area contributed by atoms with Gasteiger partial charge in [-0.2, -0.15) is 0 Å². The van der Waals surface area contributed by atoms with Crippen LogP contribution >= 0.6 is 22.9 Å². The zero-order chi connectivity index (χ0) is 12.8. The Morgan fingerprint density at radius 2 is 2.24 bits per heavy atom. The largest absolute Gasteiger partial charge is 0.476 e. The Kier molecular flexibility index (Phi) is 4.92. The second-order valence-electron chi connectivity index (χ2n) is 2.99. The second kappa shape index (κ2) is 6.21. The maximum atomic E-state index is 11.2. The first-order valence-electron chi connectivity index (χ1n) is 4.51. The van der Waals surface area contributed by atoms with Crippen LogP contribution < -0.4 is 10.6 Å². The summed E-state index contributed by atoms with van der Waals surface area (Å²) in [5.74, 6) is -1.09. The third-order valence-electron chi connectivity index (χ3n) is 1.61. The van der Waals surface area contributed by atoms with Crippen molar-refractivity contribution in [3.8, 4) is 0 Å². The first-order chi connectivity index (χ1) is 7.99. The van der Waals surface area contributed by atoms with Crippen molar-refractivity contribution in [3.05, 3.63) is 27.7 Å². The van der Waals surface area contributed by atoms with Crippen molar-refractivity contribution in [1.82, 2.24) is 15.6 Å². The van der Waals surface area contributed by atoms with E-state index in [-0.39, 0.29) is 18.8 Å². The molecule has 1 heterocycles. The van der Waals surface area contributed by atoms with E-state index < -0.39 is 12.0 Å². The van der Waals surface area contributed by atoms with E-state index >= 15 is 0 Å². The first kappa shape index (κ1) is 13.5. The van der Waals surface area contributed by atoms with E-state index in [1.165, 1.54) is 16.7 Å². The van der Waals surface area contributed by atoms with Crippen LogP contribution in [0.2, 0.25) is 0 Å². The molecule has 3 N–H and O–H groups in total. The van der Waals surface area contributed by atoms with E-state index in [0.717, 1.165) is 0 Å². The molecule has 6 nitrogen and oxygen atoms in total. The third kappa shape index (κ3) is 4.83. The lowest BCUT2D eigenvalue weighted by molar-refractivity contribution is 0.0691. The number of carbonyl (C=O) groups is 2. The SMILES string of the molecule is C=C(Cl)CNC(=O)NCc1nc(C(=O)O)cs1. The number of rotatable bonds is 5. The molecule has 17 heavy (non-hydrogen) atoms. The van der Waals surface area contributed by atoms with E-state index in [1.807, 2.05) is 0 Å². The molecule has 8 heteroatoms. The Bertz CT molecular complexity index is 446. The number of halogens is 1. The van der Waals surface area contributed by atoms with Crippen molar-refractivity contribution in [1.29, 1.82) is 0 Å². The number of carboxylic acid groups (broad SMARTS) is 1. The Morgan fingerprint density at radius 1 is 1.53 bits per heavy atom. The molecule has 1 aromatic rings. The summed E-state index contributed by atoms with van der Waals surface area (Å²) >= 11 is 6.63. The average molecular weight is 276 g/mol. The predicted octanol–water partition coefficient (Wildman–Crippen LogP) is 1.39. The number of nitrogens with zero attached hydrogens (tertiary/aromatic N) is 1. The van der Waals surface area contributed by atoms with Crippen molar-refractivity contribution in [3.63, 3.8) is 0 Å². The number of nitrogens with one attached hydrogen (secondary N) is 2. The lowest BCUT2D eigenvalue weighted by Gasteiger charge is -2.04. The molecule has 1 rings (SSSR count). The fraction of sp³-hybridized carbons (Fsp3) is 0.222. The molecule has 0 spiro atoms. The maximum absolute atomic E-state index is 11.2. The van der Waals surface area contributed by atoms with Crippen LogP contribution in [-0.2, 0) is 6.54 Å². The number of aromatic nitrogens is 1. The van der Waals surface area contributed by atoms with Crippen LogP contribution in [0.5, 0.6) is 0 Å². The molecule has 2 amide bonds. The summed E-state index contributed by atoms with van der Waals surface area (Å²) in [5.41, 5.74) is -0.0265. The highest BCUT2D eigenvalue weighted by Crippen LogP contribution is 2.09. The highest BCUT2D eigenvalue weighted by Gasteiger charge is 2.09. The normalized spacial score (nSPS) is 9.71. The molecule has 0 fully saturated rings. The van der Waals surface area contributed by atoms with Gasteiger partial charge in [0.1, 0.15) is 5.01 Å². The molecule has 0 aliphatic rings. The summed E-state index contributed by atoms with van der Waals surface area (Å²) < 4.78 is 0. The van der Waals surface area contributed by atoms with Crippen LogP contribution in [0.1, 0.15) is 15.5 Å². The number of carboxylic acids is 1. The zero-order valence-electron chi connectivity index (χ0n) is 8.70. The Labute approximate surface area is 106 Å². The highest BCUT2D eigenvalue weighted by molar-refractivity contribution is 7.09. The van der Waals surface area contributed by atoms with Crippen LogP contribution in [0.15, 0.2) is 17.0 Å². The minimum Gasteiger partial charge on any atom is -0.476 e. The smallest absolute Gasteiger partial charge is 0.355 e. The maximum Gasteiger partial charge on any atom is 0.355 e. The van der Waals surface area contributed by atoms with Gasteiger partial charge in [-0.05, 0) is 0 Å². The Morgan fingerprint density at radius 3 is 2.76 bits per heavy atom. The number of amides is 2. The number of carbonyl (C=O) groups excluding carboxylic acids is 1. The van der Waals surface area contributed by atoms with Gasteiger partial charge >= 0.3 is 12.0 Å². The molecule has 0 atom stereocenters. The summed E-state index contributed by atoms with van der Waals surface area (Å²) in [7, 11) is 0. The molecule has 0 saturated carbocycles. The molecule has 0 radical (unpaired) electrons. The summed E-state index contributed by atoms with van der Waals surface area (Å²) in [4.78, 5) is 25.6. The molecule has 0 aliphatic heterocycles. The third-order valence-corrected chi connectivity index (χ3v) is 2.59. The molecule has 92 valence electrons. The van der Waals surface area contributed by atoms with Crippen molar-refractivity contribution >= 4 is 34.9 Å². The van der Waals surface area contributed by atoms with Crippen LogP contribution in [0.3, 0.4) is 0 Å². The Balaban J connectivity index is 2.36. The molecule has 1 aromatic heterocycles. The average Bonchev–Trinajstić information content (AvgIpc) is 2.72. The molecule has 0 aromatic carbocycles. The summed E-state index contributed by atoms with van der Waals surface area (Å²) in [6, 6.07) is -0.418. The van der Waals surface area contributed by atoms with Crippen molar-refractivity contribution in [2.45, 2.75) is 6.54 Å². The highest BCUT2D eigenvalue weighted by atomic mass is 35.5. The molecule has 0 unspecified atom stereocenters. The number of aromatic carboxylic acids is 1. The quantitative estimate of drug-likeness (QED) is 0.757. The number of urea groups is 1. The summed E-state index contributed by atoms with van der Waals surface area (Å²) in [6.45, 7) is 3.75. The monoisotopic (exact) mass is 275 g/mol. The summed E-state index contributed by atoms with van der Waals surface area (Å²) in [6.07, 6.45) is 0. The van der Waals surface area contributed by atoms with E-state index in [9.17, 15) is 9.59 Å². The van der Waals surface area contributed by atoms with Gasteiger partial charge in [0.05, 0.1) is 13.1 Å². The first-order valence-corrected chi connectivity index (χ1v) is 5.77. The zero-order valence-corrected chi connectivity index (χ0v) is 10.3. The van der Waals surface area contributed by atoms with Gasteiger partial charge in [0, 0.05) is 10.4 Å². The fourth-order valence-electron chi connectivity index (χ4n) is 0.885. The lowest BCUT2D eigenvalue weighted by atomic mass is 10.5. The second-order valence-corrected chi connectivity index (χ2v) is 4.46. The Hall–Kier alpha value is -1.60. The van der Waals surface area contributed by atoms with Gasteiger partial charge in [-0.1, -0.05) is 18.2 Å². The van der Waals surface area contributed by atoms with Gasteiger partial charge < -0.3 is 15.7 Å². The van der Waals surface area contributed by atoms with E-state index in [2.05, 4.69) is 22.2 Å². The number of hydrogen-bond acceptors (Lipinski definition) is 4. The molecule has 0 bridgehead atoms. The fourth-order valence-corrected chi connectivity index (χ4v) is 1.66. The molecule has 0 aliphatic carbocycles. The van der Waals surface area contributed by atoms with Crippen LogP contribution in [0, 0.1) is 0 Å². The minimum atomic E-state index is -1.09.